The van der Waals surface area contributed by atoms with E-state index in [0.29, 0.717) is 17.5 Å². The molecule has 0 radical (unpaired) electrons. The van der Waals surface area contributed by atoms with Crippen LogP contribution in [0.4, 0.5) is 0 Å². The maximum absolute atomic E-state index is 11.9. The molecular formula is C14H19ClN2O. The van der Waals surface area contributed by atoms with E-state index in [-0.39, 0.29) is 11.9 Å². The zero-order valence-corrected chi connectivity index (χ0v) is 11.3. The van der Waals surface area contributed by atoms with Crippen molar-refractivity contribution in [1.29, 1.82) is 0 Å². The molecule has 1 aliphatic heterocycles. The highest BCUT2D eigenvalue weighted by molar-refractivity contribution is 6.30. The van der Waals surface area contributed by atoms with Crippen LogP contribution in [0.1, 0.15) is 37.8 Å². The largest absolute Gasteiger partial charge is 0.350 e. The van der Waals surface area contributed by atoms with Crippen LogP contribution in [0.2, 0.25) is 5.02 Å². The van der Waals surface area contributed by atoms with Gasteiger partial charge < -0.3 is 10.6 Å². The van der Waals surface area contributed by atoms with Gasteiger partial charge in [-0.1, -0.05) is 23.7 Å². The lowest BCUT2D eigenvalue weighted by Crippen LogP contribution is -2.33. The van der Waals surface area contributed by atoms with E-state index in [0.717, 1.165) is 18.5 Å². The highest BCUT2D eigenvalue weighted by Gasteiger charge is 2.18. The van der Waals surface area contributed by atoms with E-state index in [1.807, 2.05) is 31.2 Å². The number of nitrogens with one attached hydrogen (secondary N) is 2. The van der Waals surface area contributed by atoms with Crippen molar-refractivity contribution in [3.8, 4) is 0 Å². The summed E-state index contributed by atoms with van der Waals surface area (Å²) in [5.41, 5.74) is 1.08. The van der Waals surface area contributed by atoms with Crippen LogP contribution in [0.25, 0.3) is 0 Å². The number of halogens is 1. The quantitative estimate of drug-likeness (QED) is 0.880. The van der Waals surface area contributed by atoms with Crippen LogP contribution >= 0.6 is 11.6 Å². The summed E-state index contributed by atoms with van der Waals surface area (Å²) in [6, 6.07) is 7.96. The van der Waals surface area contributed by atoms with E-state index < -0.39 is 0 Å². The number of hydrogen-bond acceptors (Lipinski definition) is 2. The summed E-state index contributed by atoms with van der Waals surface area (Å²) in [7, 11) is 0. The molecule has 0 saturated carbocycles. The lowest BCUT2D eigenvalue weighted by atomic mass is 10.1. The van der Waals surface area contributed by atoms with Gasteiger partial charge in [0.25, 0.3) is 0 Å². The van der Waals surface area contributed by atoms with Crippen molar-refractivity contribution in [2.45, 2.75) is 38.3 Å². The number of carbonyl (C=O) groups excluding carboxylic acids is 1. The first-order valence-electron chi connectivity index (χ1n) is 6.43. The lowest BCUT2D eigenvalue weighted by molar-refractivity contribution is -0.122. The maximum atomic E-state index is 11.9. The summed E-state index contributed by atoms with van der Waals surface area (Å²) in [6.07, 6.45) is 2.84. The maximum Gasteiger partial charge on any atom is 0.222 e. The molecule has 2 N–H and O–H groups in total. The molecule has 4 heteroatoms. The van der Waals surface area contributed by atoms with Gasteiger partial charge in [-0.15, -0.1) is 0 Å². The first-order chi connectivity index (χ1) is 8.65. The molecule has 1 aliphatic rings. The summed E-state index contributed by atoms with van der Waals surface area (Å²) in [5.74, 6) is 0.108. The molecule has 18 heavy (non-hydrogen) atoms. The van der Waals surface area contributed by atoms with Crippen molar-refractivity contribution in [1.82, 2.24) is 10.6 Å². The van der Waals surface area contributed by atoms with Gasteiger partial charge in [0.1, 0.15) is 0 Å². The van der Waals surface area contributed by atoms with E-state index in [9.17, 15) is 4.79 Å². The summed E-state index contributed by atoms with van der Waals surface area (Å²) < 4.78 is 0. The van der Waals surface area contributed by atoms with Gasteiger partial charge in [-0.25, -0.2) is 0 Å². The molecule has 0 aliphatic carbocycles. The third-order valence-electron chi connectivity index (χ3n) is 3.34. The fourth-order valence-corrected chi connectivity index (χ4v) is 2.42. The number of benzene rings is 1. The first kappa shape index (κ1) is 13.4. The van der Waals surface area contributed by atoms with Gasteiger partial charge in [0, 0.05) is 17.5 Å². The molecule has 1 aromatic rings. The highest BCUT2D eigenvalue weighted by Crippen LogP contribution is 2.16. The molecule has 1 saturated heterocycles. The van der Waals surface area contributed by atoms with Crippen LogP contribution in [0.5, 0.6) is 0 Å². The van der Waals surface area contributed by atoms with Crippen LogP contribution in [0, 0.1) is 0 Å². The van der Waals surface area contributed by atoms with Crippen molar-refractivity contribution in [2.24, 2.45) is 0 Å². The third-order valence-corrected chi connectivity index (χ3v) is 3.59. The number of hydrogen-bond donors (Lipinski definition) is 2. The van der Waals surface area contributed by atoms with Gasteiger partial charge in [0.15, 0.2) is 0 Å². The third kappa shape index (κ3) is 3.72. The Morgan fingerprint density at radius 2 is 2.22 bits per heavy atom. The van der Waals surface area contributed by atoms with Crippen molar-refractivity contribution in [3.63, 3.8) is 0 Å². The molecular weight excluding hydrogens is 248 g/mol. The van der Waals surface area contributed by atoms with Crippen LogP contribution in [0.3, 0.4) is 0 Å². The molecule has 1 aromatic carbocycles. The topological polar surface area (TPSA) is 41.1 Å². The summed E-state index contributed by atoms with van der Waals surface area (Å²) in [6.45, 7) is 3.02. The summed E-state index contributed by atoms with van der Waals surface area (Å²) in [4.78, 5) is 11.9. The Labute approximate surface area is 113 Å². The van der Waals surface area contributed by atoms with E-state index in [2.05, 4.69) is 10.6 Å². The number of carbonyl (C=O) groups is 1. The average molecular weight is 267 g/mol. The van der Waals surface area contributed by atoms with Gasteiger partial charge >= 0.3 is 0 Å². The standard InChI is InChI=1S/C14H19ClN2O/c1-10(11-4-6-12(15)7-5-11)17-14(18)9-13-3-2-8-16-13/h4-7,10,13,16H,2-3,8-9H2,1H3,(H,17,18)/t10-,13?/m0/s1. The van der Waals surface area contributed by atoms with Gasteiger partial charge in [-0.3, -0.25) is 4.79 Å². The SMILES string of the molecule is C[C@H](NC(=O)CC1CCCN1)c1ccc(Cl)cc1. The molecule has 98 valence electrons. The fourth-order valence-electron chi connectivity index (χ4n) is 2.29. The van der Waals surface area contributed by atoms with Crippen molar-refractivity contribution < 1.29 is 4.79 Å². The lowest BCUT2D eigenvalue weighted by Gasteiger charge is -2.16. The Morgan fingerprint density at radius 1 is 1.50 bits per heavy atom. The van der Waals surface area contributed by atoms with Crippen LogP contribution in [-0.2, 0) is 4.79 Å². The van der Waals surface area contributed by atoms with Gasteiger partial charge in [0.05, 0.1) is 6.04 Å². The molecule has 1 fully saturated rings. The molecule has 2 rings (SSSR count). The molecule has 1 heterocycles. The second kappa shape index (κ2) is 6.21. The monoisotopic (exact) mass is 266 g/mol. The Bertz CT molecular complexity index is 399. The molecule has 0 spiro atoms. The van der Waals surface area contributed by atoms with Gasteiger partial charge in [-0.05, 0) is 44.0 Å². The first-order valence-corrected chi connectivity index (χ1v) is 6.81. The molecule has 1 amide bonds. The zero-order valence-electron chi connectivity index (χ0n) is 10.6. The average Bonchev–Trinajstić information content (AvgIpc) is 2.82. The number of amides is 1. The van der Waals surface area contributed by atoms with Crippen LogP contribution < -0.4 is 10.6 Å². The van der Waals surface area contributed by atoms with Crippen molar-refractivity contribution >= 4 is 17.5 Å². The minimum absolute atomic E-state index is 0.0242. The normalized spacial score (nSPS) is 20.7. The zero-order chi connectivity index (χ0) is 13.0. The molecule has 0 aromatic heterocycles. The highest BCUT2D eigenvalue weighted by atomic mass is 35.5. The predicted octanol–water partition coefficient (Wildman–Crippen LogP) is 2.66. The fraction of sp³-hybridized carbons (Fsp3) is 0.500. The van der Waals surface area contributed by atoms with Gasteiger partial charge in [-0.2, -0.15) is 0 Å². The Kier molecular flexibility index (Phi) is 4.61. The Hall–Kier alpha value is -1.06. The molecule has 0 bridgehead atoms. The smallest absolute Gasteiger partial charge is 0.222 e. The van der Waals surface area contributed by atoms with Gasteiger partial charge in [0.2, 0.25) is 5.91 Å². The minimum Gasteiger partial charge on any atom is -0.350 e. The predicted molar refractivity (Wildman–Crippen MR) is 73.7 cm³/mol. The van der Waals surface area contributed by atoms with E-state index in [1.165, 1.54) is 6.42 Å². The second-order valence-electron chi connectivity index (χ2n) is 4.84. The Balaban J connectivity index is 1.84. The molecule has 1 unspecified atom stereocenters. The van der Waals surface area contributed by atoms with Crippen LogP contribution in [0.15, 0.2) is 24.3 Å². The van der Waals surface area contributed by atoms with E-state index in [4.69, 9.17) is 11.6 Å². The van der Waals surface area contributed by atoms with Crippen LogP contribution in [-0.4, -0.2) is 18.5 Å². The Morgan fingerprint density at radius 3 is 2.83 bits per heavy atom. The van der Waals surface area contributed by atoms with E-state index >= 15 is 0 Å². The van der Waals surface area contributed by atoms with Crippen molar-refractivity contribution in [2.75, 3.05) is 6.54 Å². The van der Waals surface area contributed by atoms with E-state index in [1.54, 1.807) is 0 Å². The number of rotatable bonds is 4. The van der Waals surface area contributed by atoms with Crippen molar-refractivity contribution in [3.05, 3.63) is 34.9 Å². The minimum atomic E-state index is 0.0242. The molecule has 2 atom stereocenters. The summed E-state index contributed by atoms with van der Waals surface area (Å²) in [5, 5.41) is 7.07. The summed E-state index contributed by atoms with van der Waals surface area (Å²) >= 11 is 5.84. The second-order valence-corrected chi connectivity index (χ2v) is 5.27. The molecule has 3 nitrogen and oxygen atoms in total.